The number of anilines is 3. The monoisotopic (exact) mass is 559 g/mol. The molecule has 1 atom stereocenters. The average Bonchev–Trinajstić information content (AvgIpc) is 3.22. The summed E-state index contributed by atoms with van der Waals surface area (Å²) in [5.41, 5.74) is 3.63. The molecule has 2 aliphatic rings. The van der Waals surface area contributed by atoms with Crippen LogP contribution in [0, 0.1) is 19.7 Å². The average molecular weight is 560 g/mol. The Balaban J connectivity index is 0.00000353. The second-order valence-electron chi connectivity index (χ2n) is 9.82. The Morgan fingerprint density at radius 2 is 1.79 bits per heavy atom. The van der Waals surface area contributed by atoms with Crippen molar-refractivity contribution in [2.24, 2.45) is 0 Å². The van der Waals surface area contributed by atoms with E-state index < -0.39 is 10.0 Å². The third kappa shape index (κ3) is 5.35. The number of piperazine rings is 1. The van der Waals surface area contributed by atoms with Gasteiger partial charge in [0.15, 0.2) is 5.13 Å². The predicted molar refractivity (Wildman–Crippen MR) is 151 cm³/mol. The van der Waals surface area contributed by atoms with Crippen molar-refractivity contribution in [1.82, 2.24) is 9.88 Å². The lowest BCUT2D eigenvalue weighted by Crippen LogP contribution is -2.55. The van der Waals surface area contributed by atoms with Crippen LogP contribution in [0.5, 0.6) is 0 Å². The number of benzene rings is 2. The van der Waals surface area contributed by atoms with Crippen LogP contribution in [0.1, 0.15) is 30.9 Å². The molecule has 1 fully saturated rings. The molecular weight excluding hydrogens is 525 g/mol. The molecule has 0 bridgehead atoms. The van der Waals surface area contributed by atoms with E-state index in [0.29, 0.717) is 31.3 Å². The van der Waals surface area contributed by atoms with E-state index in [9.17, 15) is 17.6 Å². The third-order valence-electron chi connectivity index (χ3n) is 7.37. The van der Waals surface area contributed by atoms with Gasteiger partial charge in [0.05, 0.1) is 10.6 Å². The number of halogens is 1. The van der Waals surface area contributed by atoms with Crippen LogP contribution in [-0.2, 0) is 21.2 Å². The van der Waals surface area contributed by atoms with Crippen LogP contribution in [-0.4, -0.2) is 63.0 Å². The van der Waals surface area contributed by atoms with Crippen LogP contribution in [0.25, 0.3) is 0 Å². The van der Waals surface area contributed by atoms with Gasteiger partial charge in [-0.05, 0) is 81.6 Å². The fourth-order valence-electron chi connectivity index (χ4n) is 5.11. The smallest absolute Gasteiger partial charge is 0.263 e. The van der Waals surface area contributed by atoms with Crippen molar-refractivity contribution < 1.29 is 19.0 Å². The molecule has 3 heterocycles. The van der Waals surface area contributed by atoms with Crippen molar-refractivity contribution >= 4 is 43.8 Å². The van der Waals surface area contributed by atoms with Gasteiger partial charge in [-0.1, -0.05) is 0 Å². The van der Waals surface area contributed by atoms with Crippen LogP contribution < -0.4 is 14.5 Å². The number of aryl methyl sites for hydroxylation is 3. The van der Waals surface area contributed by atoms with E-state index in [1.807, 2.05) is 25.7 Å². The standard InChI is InChI=1S/C27H32FN5O3S2.H2/c1-18-20(3)37-27(29-18)30-38(35,36)24-9-7-23(8-10-24)31-13-15-32(16-14-31)26(34)19(2)33-12-4-5-21-17-22(28)6-11-25(21)33;/h6-11,17,19H,4-5,12-16H2,1-3H3,(H,29,30);1H/t19-;/m1./s1. The summed E-state index contributed by atoms with van der Waals surface area (Å²) in [6.45, 7) is 8.93. The number of nitrogens with one attached hydrogen (secondary N) is 1. The molecule has 8 nitrogen and oxygen atoms in total. The summed E-state index contributed by atoms with van der Waals surface area (Å²) < 4.78 is 41.8. The van der Waals surface area contributed by atoms with Gasteiger partial charge in [0.25, 0.3) is 10.0 Å². The van der Waals surface area contributed by atoms with Gasteiger partial charge in [0, 0.05) is 50.4 Å². The van der Waals surface area contributed by atoms with Gasteiger partial charge in [0.2, 0.25) is 5.91 Å². The topological polar surface area (TPSA) is 85.9 Å². The van der Waals surface area contributed by atoms with E-state index in [4.69, 9.17) is 0 Å². The molecule has 204 valence electrons. The number of amides is 1. The second-order valence-corrected chi connectivity index (χ2v) is 12.7. The summed E-state index contributed by atoms with van der Waals surface area (Å²) in [5.74, 6) is -0.172. The summed E-state index contributed by atoms with van der Waals surface area (Å²) in [5, 5.41) is 0.360. The molecule has 38 heavy (non-hydrogen) atoms. The van der Waals surface area contributed by atoms with Crippen LogP contribution in [0.3, 0.4) is 0 Å². The maximum Gasteiger partial charge on any atom is 0.263 e. The van der Waals surface area contributed by atoms with E-state index in [1.54, 1.807) is 36.4 Å². The fourth-order valence-corrected chi connectivity index (χ4v) is 7.16. The molecule has 0 saturated carbocycles. The molecule has 3 aromatic rings. The van der Waals surface area contributed by atoms with Crippen molar-refractivity contribution in [3.05, 3.63) is 64.4 Å². The quantitative estimate of drug-likeness (QED) is 0.481. The summed E-state index contributed by atoms with van der Waals surface area (Å²) in [4.78, 5) is 24.9. The molecule has 2 aromatic carbocycles. The van der Waals surface area contributed by atoms with Gasteiger partial charge in [-0.2, -0.15) is 0 Å². The highest BCUT2D eigenvalue weighted by Gasteiger charge is 2.31. The Bertz CT molecular complexity index is 1420. The number of rotatable bonds is 6. The van der Waals surface area contributed by atoms with Crippen molar-refractivity contribution in [2.75, 3.05) is 47.2 Å². The molecule has 0 radical (unpaired) electrons. The Kier molecular flexibility index (Phi) is 7.32. The molecule has 0 unspecified atom stereocenters. The number of hydrogen-bond donors (Lipinski definition) is 1. The number of carbonyl (C=O) groups excluding carboxylic acids is 1. The first-order valence-electron chi connectivity index (χ1n) is 12.8. The minimum Gasteiger partial charge on any atom is -0.368 e. The number of sulfonamides is 1. The normalized spacial score (nSPS) is 16.8. The number of carbonyl (C=O) groups is 1. The van der Waals surface area contributed by atoms with Crippen LogP contribution in [0.15, 0.2) is 47.4 Å². The van der Waals surface area contributed by atoms with Gasteiger partial charge >= 0.3 is 0 Å². The highest BCUT2D eigenvalue weighted by atomic mass is 32.2. The van der Waals surface area contributed by atoms with Crippen molar-refractivity contribution in [1.29, 1.82) is 0 Å². The van der Waals surface area contributed by atoms with E-state index >= 15 is 0 Å². The van der Waals surface area contributed by atoms with E-state index in [2.05, 4.69) is 19.5 Å². The Morgan fingerprint density at radius 3 is 2.45 bits per heavy atom. The lowest BCUT2D eigenvalue weighted by molar-refractivity contribution is -0.132. The molecule has 5 rings (SSSR count). The lowest BCUT2D eigenvalue weighted by atomic mass is 9.99. The maximum absolute atomic E-state index is 13.7. The van der Waals surface area contributed by atoms with Crippen molar-refractivity contribution in [2.45, 2.75) is 44.6 Å². The van der Waals surface area contributed by atoms with Crippen molar-refractivity contribution in [3.8, 4) is 0 Å². The van der Waals surface area contributed by atoms with E-state index in [-0.39, 0.29) is 24.1 Å². The minimum atomic E-state index is -3.73. The van der Waals surface area contributed by atoms with E-state index in [0.717, 1.165) is 46.9 Å². The SMILES string of the molecule is Cc1nc(NS(=O)(=O)c2ccc(N3CCN(C(=O)[C@@H](C)N4CCCc5cc(F)ccc54)CC3)cc2)sc1C.[HH]. The fraction of sp³-hybridized carbons (Fsp3) is 0.407. The molecular formula is C27H34FN5O3S2. The van der Waals surface area contributed by atoms with Gasteiger partial charge in [-0.25, -0.2) is 17.8 Å². The molecule has 11 heteroatoms. The first-order chi connectivity index (χ1) is 18.1. The van der Waals surface area contributed by atoms with Gasteiger partial charge < -0.3 is 14.7 Å². The predicted octanol–water partition coefficient (Wildman–Crippen LogP) is 4.44. The van der Waals surface area contributed by atoms with E-state index in [1.165, 1.54) is 17.4 Å². The Hall–Kier alpha value is -3.18. The summed E-state index contributed by atoms with van der Waals surface area (Å²) in [6.07, 6.45) is 1.72. The number of nitrogens with zero attached hydrogens (tertiary/aromatic N) is 4. The van der Waals surface area contributed by atoms with Crippen LogP contribution in [0.4, 0.5) is 20.9 Å². The van der Waals surface area contributed by atoms with Crippen molar-refractivity contribution in [3.63, 3.8) is 0 Å². The van der Waals surface area contributed by atoms with Gasteiger partial charge in [-0.3, -0.25) is 9.52 Å². The highest BCUT2D eigenvalue weighted by molar-refractivity contribution is 7.93. The summed E-state index contributed by atoms with van der Waals surface area (Å²) in [6, 6.07) is 11.3. The zero-order chi connectivity index (χ0) is 27.0. The van der Waals surface area contributed by atoms with Gasteiger partial charge in [-0.15, -0.1) is 11.3 Å². The molecule has 0 spiro atoms. The largest absolute Gasteiger partial charge is 0.368 e. The minimum absolute atomic E-state index is 0. The molecule has 2 aliphatic heterocycles. The van der Waals surface area contributed by atoms with Crippen LogP contribution in [0.2, 0.25) is 0 Å². The Labute approximate surface area is 228 Å². The zero-order valence-corrected chi connectivity index (χ0v) is 23.4. The maximum atomic E-state index is 13.7. The van der Waals surface area contributed by atoms with Gasteiger partial charge in [0.1, 0.15) is 11.9 Å². The molecule has 1 N–H and O–H groups in total. The zero-order valence-electron chi connectivity index (χ0n) is 21.8. The lowest BCUT2D eigenvalue weighted by Gasteiger charge is -2.41. The number of fused-ring (bicyclic) bond motifs is 1. The third-order valence-corrected chi connectivity index (χ3v) is 9.85. The molecule has 1 saturated heterocycles. The first kappa shape index (κ1) is 26.4. The summed E-state index contributed by atoms with van der Waals surface area (Å²) >= 11 is 1.31. The summed E-state index contributed by atoms with van der Waals surface area (Å²) in [7, 11) is -3.73. The number of hydrogen-bond acceptors (Lipinski definition) is 7. The van der Waals surface area contributed by atoms with Crippen LogP contribution >= 0.6 is 11.3 Å². The number of thiazole rings is 1. The second kappa shape index (κ2) is 10.5. The number of aromatic nitrogens is 1. The highest BCUT2D eigenvalue weighted by Crippen LogP contribution is 2.30. The first-order valence-corrected chi connectivity index (χ1v) is 15.1. The molecule has 0 aliphatic carbocycles. The molecule has 1 amide bonds. The Morgan fingerprint density at radius 1 is 1.08 bits per heavy atom. The molecule has 1 aromatic heterocycles.